The number of amides is 2. The molecule has 0 bridgehead atoms. The van der Waals surface area contributed by atoms with E-state index in [-0.39, 0.29) is 23.9 Å². The van der Waals surface area contributed by atoms with Crippen LogP contribution in [0.5, 0.6) is 0 Å². The van der Waals surface area contributed by atoms with Crippen LogP contribution < -0.4 is 21.2 Å². The molecule has 49 heavy (non-hydrogen) atoms. The van der Waals surface area contributed by atoms with Crippen LogP contribution in [0.1, 0.15) is 26.3 Å². The molecular weight excluding hydrogens is 723 g/mol. The van der Waals surface area contributed by atoms with Gasteiger partial charge in [-0.2, -0.15) is 0 Å². The van der Waals surface area contributed by atoms with E-state index >= 15 is 0 Å². The molecule has 11 heteroatoms. The fourth-order valence-electron chi connectivity index (χ4n) is 6.76. The molecule has 254 valence electrons. The second-order valence-corrected chi connectivity index (χ2v) is 24.4. The number of fused-ring (bicyclic) bond motifs is 1. The van der Waals surface area contributed by atoms with E-state index in [1.165, 1.54) is 0 Å². The van der Waals surface area contributed by atoms with E-state index < -0.39 is 55.7 Å². The van der Waals surface area contributed by atoms with Crippen LogP contribution in [0.2, 0.25) is 0 Å². The zero-order valence-corrected chi connectivity index (χ0v) is 30.8. The fourth-order valence-corrected chi connectivity index (χ4v) is 16.8. The van der Waals surface area contributed by atoms with Crippen molar-refractivity contribution in [1.82, 2.24) is 10.2 Å². The first-order valence-corrected chi connectivity index (χ1v) is 22.1. The van der Waals surface area contributed by atoms with Gasteiger partial charge in [-0.3, -0.25) is 0 Å². The van der Waals surface area contributed by atoms with Crippen LogP contribution in [0, 0.1) is 0 Å². The molecule has 2 aliphatic rings. The maximum absolute atomic E-state index is 14.3. The molecular formula is C38H38BrN2O6PS. The first-order chi connectivity index (χ1) is 23.2. The van der Waals surface area contributed by atoms with Crippen molar-refractivity contribution in [1.29, 1.82) is 0 Å². The number of hydrogen-bond acceptors (Lipinski definition) is 6. The van der Waals surface area contributed by atoms with Crippen LogP contribution in [-0.2, 0) is 35.4 Å². The molecule has 2 amide bonds. The van der Waals surface area contributed by atoms with Gasteiger partial charge >= 0.3 is 290 Å². The number of benzene rings is 4. The predicted octanol–water partition coefficient (Wildman–Crippen LogP) is 4.75. The third-order valence-electron chi connectivity index (χ3n) is 8.85. The van der Waals surface area contributed by atoms with Gasteiger partial charge in [-0.25, -0.2) is 0 Å². The quantitative estimate of drug-likeness (QED) is 0.150. The summed E-state index contributed by atoms with van der Waals surface area (Å²) in [6.45, 7) is 5.15. The first kappa shape index (κ1) is 34.7. The van der Waals surface area contributed by atoms with Gasteiger partial charge in [0.15, 0.2) is 0 Å². The van der Waals surface area contributed by atoms with Crippen molar-refractivity contribution in [2.45, 2.75) is 44.2 Å². The number of hydrogen-bond donors (Lipinski definition) is 1. The zero-order valence-electron chi connectivity index (χ0n) is 27.5. The Hall–Kier alpha value is -4.11. The van der Waals surface area contributed by atoms with Crippen molar-refractivity contribution < 1.29 is 27.5 Å². The van der Waals surface area contributed by atoms with Gasteiger partial charge in [0.25, 0.3) is 0 Å². The molecule has 0 saturated carbocycles. The first-order valence-electron chi connectivity index (χ1n) is 16.0. The van der Waals surface area contributed by atoms with E-state index in [0.717, 1.165) is 26.4 Å². The Bertz CT molecular complexity index is 1940. The molecule has 1 fully saturated rings. The Labute approximate surface area is 295 Å². The topological polar surface area (TPSA) is 110 Å². The molecule has 0 aromatic heterocycles. The minimum absolute atomic E-state index is 0.0269. The number of β-lactam (4-membered cyclic amide) rings is 1. The molecule has 0 radical (unpaired) electrons. The van der Waals surface area contributed by atoms with E-state index in [4.69, 9.17) is 4.74 Å². The summed E-state index contributed by atoms with van der Waals surface area (Å²) in [6, 6.07) is 37.0. The maximum atomic E-state index is 14.3. The fraction of sp³-hybridized carbons (Fsp3) is 0.237. The van der Waals surface area contributed by atoms with Gasteiger partial charge in [0.1, 0.15) is 0 Å². The SMILES string of the molecule is CC(C)(C)OC(=O)C1=C(CP(Br)(c2ccccc2)(c2ccccc2)c2ccccc2)CS(=O)(=O)[C@@H]2[C@H](NC(=O)Cc3ccccc3)C(=O)N12. The van der Waals surface area contributed by atoms with Crippen molar-refractivity contribution in [2.75, 3.05) is 11.9 Å². The molecule has 6 rings (SSSR count). The van der Waals surface area contributed by atoms with Crippen molar-refractivity contribution in [3.63, 3.8) is 0 Å². The molecule has 8 nitrogen and oxygen atoms in total. The molecule has 1 saturated heterocycles. The van der Waals surface area contributed by atoms with Gasteiger partial charge in [-0.1, -0.05) is 6.07 Å². The van der Waals surface area contributed by atoms with E-state index in [1.807, 2.05) is 97.1 Å². The second-order valence-electron chi connectivity index (χ2n) is 13.4. The summed E-state index contributed by atoms with van der Waals surface area (Å²) in [7, 11) is -4.10. The summed E-state index contributed by atoms with van der Waals surface area (Å²) in [5.74, 6) is -2.47. The van der Waals surface area contributed by atoms with Gasteiger partial charge < -0.3 is 0 Å². The molecule has 0 spiro atoms. The summed E-state index contributed by atoms with van der Waals surface area (Å²) in [6.07, 6.45) is 0.0554. The Balaban J connectivity index is 1.52. The van der Waals surface area contributed by atoms with Crippen LogP contribution in [0.25, 0.3) is 0 Å². The van der Waals surface area contributed by atoms with Gasteiger partial charge in [-0.05, 0) is 0 Å². The van der Waals surface area contributed by atoms with Crippen molar-refractivity contribution in [3.8, 4) is 0 Å². The summed E-state index contributed by atoms with van der Waals surface area (Å²) in [5, 5.41) is 0.136. The third-order valence-corrected chi connectivity index (χ3v) is 20.4. The van der Waals surface area contributed by atoms with Gasteiger partial charge in [0, 0.05) is 0 Å². The van der Waals surface area contributed by atoms with Crippen LogP contribution in [-0.4, -0.2) is 60.0 Å². The van der Waals surface area contributed by atoms with E-state index in [1.54, 1.807) is 45.0 Å². The average Bonchev–Trinajstić information content (AvgIpc) is 3.07. The summed E-state index contributed by atoms with van der Waals surface area (Å²) < 4.78 is 34.4. The number of sulfone groups is 1. The number of nitrogens with zero attached hydrogens (tertiary/aromatic N) is 1. The molecule has 2 heterocycles. The Morgan fingerprint density at radius 3 is 1.71 bits per heavy atom. The standard InChI is InChI=1S/C38H38BrN2O6PS/c1-38(2,3)47-37(44)34-28(26-49(45,46)36-33(35(43)41(34)36)40-32(42)24-27-16-8-4-9-17-27)25-48(39,29-18-10-5-11-19-29,30-20-12-6-13-21-30)31-22-14-7-15-23-31/h4-23,33,36H,24-26H2,1-3H3,(H,40,42)/t33-,36-/m1/s1. The van der Waals surface area contributed by atoms with Crippen LogP contribution in [0.4, 0.5) is 0 Å². The third kappa shape index (κ3) is 6.38. The monoisotopic (exact) mass is 760 g/mol. The number of carbonyl (C=O) groups excluding carboxylic acids is 3. The number of halogens is 1. The number of nitrogens with one attached hydrogen (secondary N) is 1. The average molecular weight is 762 g/mol. The normalized spacial score (nSPS) is 19.6. The van der Waals surface area contributed by atoms with Crippen molar-refractivity contribution in [2.24, 2.45) is 0 Å². The molecule has 4 aromatic rings. The predicted molar refractivity (Wildman–Crippen MR) is 198 cm³/mol. The van der Waals surface area contributed by atoms with Crippen LogP contribution in [0.15, 0.2) is 133 Å². The van der Waals surface area contributed by atoms with Crippen LogP contribution in [0.3, 0.4) is 0 Å². The Kier molecular flexibility index (Phi) is 9.20. The van der Waals surface area contributed by atoms with E-state index in [0.29, 0.717) is 0 Å². The molecule has 2 aliphatic heterocycles. The van der Waals surface area contributed by atoms with Gasteiger partial charge in [0.2, 0.25) is 0 Å². The molecule has 4 aromatic carbocycles. The van der Waals surface area contributed by atoms with E-state index in [9.17, 15) is 22.8 Å². The van der Waals surface area contributed by atoms with Gasteiger partial charge in [0.05, 0.1) is 0 Å². The minimum atomic E-state index is -4.10. The zero-order chi connectivity index (χ0) is 35.1. The summed E-state index contributed by atoms with van der Waals surface area (Å²) >= 11 is 4.36. The summed E-state index contributed by atoms with van der Waals surface area (Å²) in [4.78, 5) is 42.2. The Morgan fingerprint density at radius 2 is 1.27 bits per heavy atom. The van der Waals surface area contributed by atoms with Crippen molar-refractivity contribution in [3.05, 3.63) is 138 Å². The summed E-state index contributed by atoms with van der Waals surface area (Å²) in [5.41, 5.74) is -0.0436. The number of esters is 1. The number of carbonyl (C=O) groups is 3. The van der Waals surface area contributed by atoms with Gasteiger partial charge in [-0.15, -0.1) is 0 Å². The number of rotatable bonds is 9. The van der Waals surface area contributed by atoms with Crippen LogP contribution >= 0.6 is 20.8 Å². The molecule has 0 aliphatic carbocycles. The van der Waals surface area contributed by atoms with E-state index in [2.05, 4.69) is 20.8 Å². The second kappa shape index (κ2) is 13.0. The molecule has 0 unspecified atom stereocenters. The Morgan fingerprint density at radius 1 is 0.816 bits per heavy atom. The molecule has 1 N–H and O–H groups in total. The molecule has 2 atom stereocenters. The van der Waals surface area contributed by atoms with Crippen molar-refractivity contribution >= 4 is 64.3 Å². The number of ether oxygens (including phenoxy) is 1.